The zero-order valence-corrected chi connectivity index (χ0v) is 17.4. The number of nitro groups is 1. The Bertz CT molecular complexity index is 868. The number of carbonyl (C=O) groups excluding carboxylic acids is 1. The van der Waals surface area contributed by atoms with Crippen LogP contribution in [-0.2, 0) is 11.5 Å². The number of non-ortho nitro benzene ring substituents is 1. The molecule has 0 aliphatic carbocycles. The molecule has 2 aromatic rings. The SMILES string of the molecule is CN(C)/C=C/C(=O)c1nn(COCC[Si](C)(C)C)c2ccc([N+](=O)[O-])cc12. The Labute approximate surface area is 159 Å². The summed E-state index contributed by atoms with van der Waals surface area (Å²) in [5, 5.41) is 15.9. The Morgan fingerprint density at radius 2 is 2.07 bits per heavy atom. The highest BCUT2D eigenvalue weighted by Gasteiger charge is 2.19. The normalized spacial score (nSPS) is 12.0. The molecule has 0 aliphatic heterocycles. The van der Waals surface area contributed by atoms with E-state index >= 15 is 0 Å². The molecule has 9 heteroatoms. The molecule has 0 aliphatic rings. The molecule has 1 aromatic heterocycles. The molecule has 0 N–H and O–H groups in total. The molecular weight excluding hydrogens is 364 g/mol. The van der Waals surface area contributed by atoms with Crippen molar-refractivity contribution in [3.05, 3.63) is 46.3 Å². The van der Waals surface area contributed by atoms with Crippen molar-refractivity contribution < 1.29 is 14.5 Å². The summed E-state index contributed by atoms with van der Waals surface area (Å²) in [7, 11) is 2.41. The van der Waals surface area contributed by atoms with Crippen molar-refractivity contribution in [3.63, 3.8) is 0 Å². The fourth-order valence-electron chi connectivity index (χ4n) is 2.39. The number of aromatic nitrogens is 2. The largest absolute Gasteiger partial charge is 0.383 e. The monoisotopic (exact) mass is 390 g/mol. The van der Waals surface area contributed by atoms with Crippen molar-refractivity contribution in [2.24, 2.45) is 0 Å². The maximum Gasteiger partial charge on any atom is 0.270 e. The Hall–Kier alpha value is -2.52. The number of benzene rings is 1. The van der Waals surface area contributed by atoms with Crippen LogP contribution in [0.2, 0.25) is 25.7 Å². The first-order valence-electron chi connectivity index (χ1n) is 8.70. The first-order valence-corrected chi connectivity index (χ1v) is 12.4. The number of ketones is 1. The molecule has 0 saturated heterocycles. The van der Waals surface area contributed by atoms with Crippen LogP contribution in [-0.4, -0.2) is 54.2 Å². The van der Waals surface area contributed by atoms with E-state index in [1.54, 1.807) is 35.9 Å². The number of fused-ring (bicyclic) bond motifs is 1. The van der Waals surface area contributed by atoms with E-state index in [1.807, 2.05) is 0 Å². The Balaban J connectivity index is 2.34. The highest BCUT2D eigenvalue weighted by Crippen LogP contribution is 2.25. The molecule has 0 unspecified atom stereocenters. The van der Waals surface area contributed by atoms with Gasteiger partial charge in [-0.2, -0.15) is 5.10 Å². The van der Waals surface area contributed by atoms with Gasteiger partial charge < -0.3 is 9.64 Å². The third kappa shape index (κ3) is 5.73. The van der Waals surface area contributed by atoms with Crippen LogP contribution >= 0.6 is 0 Å². The zero-order valence-electron chi connectivity index (χ0n) is 16.4. The molecule has 1 heterocycles. The second-order valence-corrected chi connectivity index (χ2v) is 13.4. The third-order valence-electron chi connectivity index (χ3n) is 3.91. The minimum Gasteiger partial charge on any atom is -0.383 e. The van der Waals surface area contributed by atoms with Crippen molar-refractivity contribution in [3.8, 4) is 0 Å². The highest BCUT2D eigenvalue weighted by molar-refractivity contribution is 6.76. The summed E-state index contributed by atoms with van der Waals surface area (Å²) in [5.74, 6) is -0.310. The van der Waals surface area contributed by atoms with Crippen molar-refractivity contribution in [1.82, 2.24) is 14.7 Å². The molecular formula is C18H26N4O4Si. The Morgan fingerprint density at radius 1 is 1.37 bits per heavy atom. The molecule has 1 aromatic carbocycles. The van der Waals surface area contributed by atoms with E-state index < -0.39 is 13.0 Å². The van der Waals surface area contributed by atoms with Crippen molar-refractivity contribution >= 4 is 30.4 Å². The number of rotatable bonds is 9. The maximum absolute atomic E-state index is 12.5. The van der Waals surface area contributed by atoms with Gasteiger partial charge in [0.1, 0.15) is 12.4 Å². The fraction of sp³-hybridized carbons (Fsp3) is 0.444. The van der Waals surface area contributed by atoms with Crippen LogP contribution < -0.4 is 0 Å². The lowest BCUT2D eigenvalue weighted by atomic mass is 10.1. The summed E-state index contributed by atoms with van der Waals surface area (Å²) in [6.45, 7) is 7.63. The summed E-state index contributed by atoms with van der Waals surface area (Å²) in [6, 6.07) is 5.42. The van der Waals surface area contributed by atoms with E-state index in [0.717, 1.165) is 6.04 Å². The molecule has 0 radical (unpaired) electrons. The van der Waals surface area contributed by atoms with E-state index in [-0.39, 0.29) is 23.9 Å². The molecule has 0 atom stereocenters. The van der Waals surface area contributed by atoms with Gasteiger partial charge in [0.05, 0.1) is 10.4 Å². The number of hydrogen-bond acceptors (Lipinski definition) is 6. The van der Waals surface area contributed by atoms with Crippen molar-refractivity contribution in [2.45, 2.75) is 32.4 Å². The summed E-state index contributed by atoms with van der Waals surface area (Å²) in [6.07, 6.45) is 3.02. The summed E-state index contributed by atoms with van der Waals surface area (Å²) in [5.41, 5.74) is 0.739. The first kappa shape index (κ1) is 20.8. The van der Waals surface area contributed by atoms with E-state index in [2.05, 4.69) is 24.7 Å². The number of ether oxygens (including phenoxy) is 1. The Kier molecular flexibility index (Phi) is 6.50. The predicted octanol–water partition coefficient (Wildman–Crippen LogP) is 3.51. The van der Waals surface area contributed by atoms with Crippen LogP contribution in [0.25, 0.3) is 10.9 Å². The minimum absolute atomic E-state index is 0.0765. The van der Waals surface area contributed by atoms with Crippen molar-refractivity contribution in [1.29, 1.82) is 0 Å². The van der Waals surface area contributed by atoms with Crippen LogP contribution in [0, 0.1) is 10.1 Å². The summed E-state index contributed by atoms with van der Waals surface area (Å²) >= 11 is 0. The second-order valence-electron chi connectivity index (χ2n) is 7.80. The number of nitrogens with zero attached hydrogens (tertiary/aromatic N) is 4. The van der Waals surface area contributed by atoms with Gasteiger partial charge >= 0.3 is 0 Å². The lowest BCUT2D eigenvalue weighted by Gasteiger charge is -2.15. The molecule has 2 rings (SSSR count). The second kappa shape index (κ2) is 8.44. The summed E-state index contributed by atoms with van der Waals surface area (Å²) in [4.78, 5) is 24.9. The van der Waals surface area contributed by atoms with Crippen LogP contribution in [0.1, 0.15) is 10.5 Å². The van der Waals surface area contributed by atoms with Gasteiger partial charge in [-0.1, -0.05) is 19.6 Å². The van der Waals surface area contributed by atoms with E-state index in [9.17, 15) is 14.9 Å². The molecule has 27 heavy (non-hydrogen) atoms. The van der Waals surface area contributed by atoms with Gasteiger partial charge in [-0.3, -0.25) is 14.9 Å². The zero-order chi connectivity index (χ0) is 20.2. The molecule has 0 spiro atoms. The van der Waals surface area contributed by atoms with Gasteiger partial charge in [0.25, 0.3) is 5.69 Å². The van der Waals surface area contributed by atoms with Gasteiger partial charge in [0.15, 0.2) is 0 Å². The van der Waals surface area contributed by atoms with E-state index in [4.69, 9.17) is 4.74 Å². The predicted molar refractivity (Wildman–Crippen MR) is 108 cm³/mol. The number of hydrogen-bond donors (Lipinski definition) is 0. The molecule has 0 amide bonds. The smallest absolute Gasteiger partial charge is 0.270 e. The van der Waals surface area contributed by atoms with Crippen LogP contribution in [0.5, 0.6) is 0 Å². The fourth-order valence-corrected chi connectivity index (χ4v) is 3.14. The maximum atomic E-state index is 12.5. The molecule has 0 fully saturated rings. The van der Waals surface area contributed by atoms with Gasteiger partial charge in [0.2, 0.25) is 5.78 Å². The molecule has 8 nitrogen and oxygen atoms in total. The van der Waals surface area contributed by atoms with Crippen LogP contribution in [0.4, 0.5) is 5.69 Å². The lowest BCUT2D eigenvalue weighted by Crippen LogP contribution is -2.22. The van der Waals surface area contributed by atoms with Gasteiger partial charge in [0, 0.05) is 58.6 Å². The van der Waals surface area contributed by atoms with E-state index in [0.29, 0.717) is 17.5 Å². The first-order chi connectivity index (χ1) is 12.6. The quantitative estimate of drug-likeness (QED) is 0.162. The minimum atomic E-state index is -1.20. The van der Waals surface area contributed by atoms with Crippen LogP contribution in [0.15, 0.2) is 30.5 Å². The highest BCUT2D eigenvalue weighted by atomic mass is 28.3. The number of nitro benzene ring substituents is 1. The number of carbonyl (C=O) groups is 1. The van der Waals surface area contributed by atoms with Gasteiger partial charge in [-0.15, -0.1) is 0 Å². The van der Waals surface area contributed by atoms with Gasteiger partial charge in [-0.25, -0.2) is 4.68 Å². The van der Waals surface area contributed by atoms with Crippen molar-refractivity contribution in [2.75, 3.05) is 20.7 Å². The van der Waals surface area contributed by atoms with Crippen LogP contribution in [0.3, 0.4) is 0 Å². The molecule has 146 valence electrons. The third-order valence-corrected chi connectivity index (χ3v) is 5.62. The molecule has 0 saturated carbocycles. The average molecular weight is 391 g/mol. The summed E-state index contributed by atoms with van der Waals surface area (Å²) < 4.78 is 7.32. The van der Waals surface area contributed by atoms with Gasteiger partial charge in [-0.05, 0) is 12.1 Å². The number of allylic oxidation sites excluding steroid dienone is 1. The topological polar surface area (TPSA) is 90.5 Å². The average Bonchev–Trinajstić information content (AvgIpc) is 2.93. The lowest BCUT2D eigenvalue weighted by molar-refractivity contribution is -0.384. The standard InChI is InChI=1S/C18H26N4O4Si/c1-20(2)9-8-17(23)18-15-12-14(22(24)25)6-7-16(15)21(19-18)13-26-10-11-27(3,4)5/h6-9,12H,10-11,13H2,1-5H3/b9-8+. The Morgan fingerprint density at radius 3 is 2.67 bits per heavy atom. The van der Waals surface area contributed by atoms with E-state index in [1.165, 1.54) is 18.2 Å². The molecule has 0 bridgehead atoms.